The maximum absolute atomic E-state index is 2.67. The van der Waals surface area contributed by atoms with Gasteiger partial charge in [0.1, 0.15) is 0 Å². The Balaban J connectivity index is 0.977. The Morgan fingerprint density at radius 2 is 0.905 bits per heavy atom. The average molecular weight is 824 g/mol. The Labute approximate surface area is 377 Å². The van der Waals surface area contributed by atoms with Gasteiger partial charge in [-0.3, -0.25) is 0 Å². The molecular weight excluding hydrogens is 759 g/mol. The van der Waals surface area contributed by atoms with Crippen LogP contribution in [0.3, 0.4) is 0 Å². The minimum Gasteiger partial charge on any atom is -0.310 e. The molecule has 0 N–H and O–H groups in total. The van der Waals surface area contributed by atoms with Crippen molar-refractivity contribution in [3.05, 3.63) is 161 Å². The normalized spacial score (nSPS) is 29.7. The lowest BCUT2D eigenvalue weighted by atomic mass is 9.27. The molecule has 7 aliphatic carbocycles. The van der Waals surface area contributed by atoms with Crippen molar-refractivity contribution in [1.29, 1.82) is 0 Å². The third-order valence-corrected chi connectivity index (χ3v) is 19.5. The van der Waals surface area contributed by atoms with E-state index in [0.29, 0.717) is 5.41 Å². The molecule has 0 aromatic heterocycles. The zero-order valence-corrected chi connectivity index (χ0v) is 39.0. The molecule has 63 heavy (non-hydrogen) atoms. The van der Waals surface area contributed by atoms with Gasteiger partial charge in [-0.05, 0) is 205 Å². The van der Waals surface area contributed by atoms with E-state index in [1.165, 1.54) is 124 Å². The largest absolute Gasteiger partial charge is 0.310 e. The van der Waals surface area contributed by atoms with Gasteiger partial charge in [0.2, 0.25) is 0 Å². The van der Waals surface area contributed by atoms with Gasteiger partial charge in [0.15, 0.2) is 0 Å². The Bertz CT molecular complexity index is 2800. The number of anilines is 3. The van der Waals surface area contributed by atoms with E-state index in [4.69, 9.17) is 0 Å². The molecule has 7 aliphatic rings. The van der Waals surface area contributed by atoms with E-state index < -0.39 is 0 Å². The van der Waals surface area contributed by atoms with Gasteiger partial charge in [0.05, 0.1) is 0 Å². The maximum Gasteiger partial charge on any atom is 0.0467 e. The van der Waals surface area contributed by atoms with Crippen molar-refractivity contribution in [3.63, 3.8) is 0 Å². The van der Waals surface area contributed by atoms with Crippen LogP contribution in [0.25, 0.3) is 33.4 Å². The van der Waals surface area contributed by atoms with E-state index >= 15 is 0 Å². The van der Waals surface area contributed by atoms with Crippen molar-refractivity contribution < 1.29 is 0 Å². The highest BCUT2D eigenvalue weighted by Gasteiger charge is 2.84. The zero-order chi connectivity index (χ0) is 43.1. The first-order valence-electron chi connectivity index (χ1n) is 24.7. The van der Waals surface area contributed by atoms with Gasteiger partial charge in [-0.2, -0.15) is 0 Å². The summed E-state index contributed by atoms with van der Waals surface area (Å²) in [6.45, 7) is 19.5. The number of fused-ring (bicyclic) bond motifs is 10. The lowest BCUT2D eigenvalue weighted by Gasteiger charge is -2.76. The molecule has 0 saturated heterocycles. The molecule has 6 unspecified atom stereocenters. The van der Waals surface area contributed by atoms with E-state index in [0.717, 1.165) is 23.7 Å². The summed E-state index contributed by atoms with van der Waals surface area (Å²) in [6.07, 6.45) is 10.7. The fourth-order valence-corrected chi connectivity index (χ4v) is 16.1. The van der Waals surface area contributed by atoms with E-state index in [1.807, 2.05) is 0 Å². The second kappa shape index (κ2) is 12.5. The van der Waals surface area contributed by atoms with E-state index in [9.17, 15) is 0 Å². The van der Waals surface area contributed by atoms with Crippen molar-refractivity contribution in [1.82, 2.24) is 0 Å². The summed E-state index contributed by atoms with van der Waals surface area (Å²) in [5, 5.41) is 0. The fraction of sp³-hybridized carbons (Fsp3) is 0.419. The fourth-order valence-electron chi connectivity index (χ4n) is 16.1. The van der Waals surface area contributed by atoms with Crippen LogP contribution in [0.2, 0.25) is 0 Å². The van der Waals surface area contributed by atoms with Crippen LogP contribution in [0.15, 0.2) is 127 Å². The minimum atomic E-state index is 0.149. The number of nitrogens with zero attached hydrogens (tertiary/aromatic N) is 1. The summed E-state index contributed by atoms with van der Waals surface area (Å²) in [5.74, 6) is 3.47. The molecule has 6 atom stereocenters. The first kappa shape index (κ1) is 38.6. The van der Waals surface area contributed by atoms with Crippen molar-refractivity contribution in [2.75, 3.05) is 4.90 Å². The molecule has 2 spiro atoms. The van der Waals surface area contributed by atoms with Gasteiger partial charge in [-0.1, -0.05) is 146 Å². The first-order valence-corrected chi connectivity index (χ1v) is 24.7. The molecule has 4 fully saturated rings. The Hall–Kier alpha value is -4.88. The van der Waals surface area contributed by atoms with E-state index in [-0.39, 0.29) is 27.1 Å². The lowest BCUT2D eigenvalue weighted by Crippen LogP contribution is -2.73. The van der Waals surface area contributed by atoms with Crippen LogP contribution < -0.4 is 4.90 Å². The predicted octanol–water partition coefficient (Wildman–Crippen LogP) is 16.5. The zero-order valence-electron chi connectivity index (χ0n) is 39.0. The molecule has 0 amide bonds. The third kappa shape index (κ3) is 5.01. The van der Waals surface area contributed by atoms with Crippen molar-refractivity contribution in [2.24, 2.45) is 29.1 Å². The minimum absolute atomic E-state index is 0.149. The van der Waals surface area contributed by atoms with Gasteiger partial charge >= 0.3 is 0 Å². The highest BCUT2D eigenvalue weighted by molar-refractivity contribution is 5.89. The molecule has 6 aromatic rings. The SMILES string of the molecule is CC1(C)CCC(C)(C)c2cc(-c3cccc(N(c4cccc(-c5ccc6c(c5)C(C)(C)CCC6(C)C)c4)c4ccc5c(c4)C4(c6ccccc6-5)C5CC6CC7CC4C75C6)c3)ccc21. The summed E-state index contributed by atoms with van der Waals surface area (Å²) in [5.41, 5.74) is 22.7. The van der Waals surface area contributed by atoms with Gasteiger partial charge in [-0.25, -0.2) is 0 Å². The molecule has 1 heteroatoms. The molecule has 0 heterocycles. The number of benzene rings is 6. The molecule has 4 saturated carbocycles. The number of hydrogen-bond acceptors (Lipinski definition) is 1. The first-order chi connectivity index (χ1) is 30.1. The molecular formula is C62H65N. The monoisotopic (exact) mass is 824 g/mol. The van der Waals surface area contributed by atoms with E-state index in [2.05, 4.69) is 188 Å². The Morgan fingerprint density at radius 3 is 1.49 bits per heavy atom. The molecule has 318 valence electrons. The topological polar surface area (TPSA) is 3.24 Å². The van der Waals surface area contributed by atoms with Gasteiger partial charge in [-0.15, -0.1) is 0 Å². The second-order valence-electron chi connectivity index (χ2n) is 24.3. The smallest absolute Gasteiger partial charge is 0.0467 e. The van der Waals surface area contributed by atoms with Gasteiger partial charge in [0.25, 0.3) is 0 Å². The van der Waals surface area contributed by atoms with Crippen LogP contribution in [0.4, 0.5) is 17.1 Å². The Morgan fingerprint density at radius 1 is 0.397 bits per heavy atom. The highest BCUT2D eigenvalue weighted by Crippen LogP contribution is 2.89. The maximum atomic E-state index is 2.67. The lowest BCUT2D eigenvalue weighted by molar-refractivity contribution is -0.231. The average Bonchev–Trinajstić information content (AvgIpc) is 3.91. The Kier molecular flexibility index (Phi) is 7.63. The van der Waals surface area contributed by atoms with Crippen LogP contribution in [-0.4, -0.2) is 0 Å². The van der Waals surface area contributed by atoms with Crippen LogP contribution in [0.1, 0.15) is 140 Å². The van der Waals surface area contributed by atoms with Crippen LogP contribution in [0.5, 0.6) is 0 Å². The van der Waals surface area contributed by atoms with Crippen LogP contribution >= 0.6 is 0 Å². The molecule has 2 bridgehead atoms. The van der Waals surface area contributed by atoms with Crippen molar-refractivity contribution >= 4 is 17.1 Å². The third-order valence-electron chi connectivity index (χ3n) is 19.5. The number of rotatable bonds is 5. The molecule has 6 aromatic carbocycles. The number of hydrogen-bond donors (Lipinski definition) is 0. The molecule has 0 radical (unpaired) electrons. The van der Waals surface area contributed by atoms with Crippen molar-refractivity contribution in [3.8, 4) is 33.4 Å². The summed E-state index contributed by atoms with van der Waals surface area (Å²) in [4.78, 5) is 2.60. The predicted molar refractivity (Wildman–Crippen MR) is 264 cm³/mol. The molecule has 0 aliphatic heterocycles. The van der Waals surface area contributed by atoms with Crippen LogP contribution in [-0.2, 0) is 27.1 Å². The highest BCUT2D eigenvalue weighted by atomic mass is 15.1. The van der Waals surface area contributed by atoms with Gasteiger partial charge < -0.3 is 4.90 Å². The summed E-state index contributed by atoms with van der Waals surface area (Å²) in [7, 11) is 0. The van der Waals surface area contributed by atoms with E-state index in [1.54, 1.807) is 11.1 Å². The van der Waals surface area contributed by atoms with Crippen molar-refractivity contribution in [2.45, 2.75) is 134 Å². The quantitative estimate of drug-likeness (QED) is 0.167. The summed E-state index contributed by atoms with van der Waals surface area (Å²) < 4.78 is 0. The second-order valence-corrected chi connectivity index (χ2v) is 24.3. The molecule has 1 nitrogen and oxygen atoms in total. The van der Waals surface area contributed by atoms with Crippen LogP contribution in [0, 0.1) is 29.1 Å². The summed E-state index contributed by atoms with van der Waals surface area (Å²) >= 11 is 0. The standard InChI is InChI=1S/C62H65N/c1-57(2)25-27-59(5,6)53-33-41(19-23-50(53)57)39-13-11-15-44(31-39)63(45-16-12-14-40(32-45)42-20-24-51-54(34-42)60(7,8)28-26-58(51,3)4)46-21-22-48-47-17-9-10-18-49(47)62(52(48)36-46)55-30-38-29-43-35-56(62)61(43,55)37-38/h9-24,31-34,36,38,43,55-56H,25-30,35,37H2,1-8H3. The molecule has 13 rings (SSSR count). The summed E-state index contributed by atoms with van der Waals surface area (Å²) in [6, 6.07) is 50.9. The van der Waals surface area contributed by atoms with Gasteiger partial charge in [0, 0.05) is 22.5 Å².